The van der Waals surface area contributed by atoms with Crippen molar-refractivity contribution in [1.82, 2.24) is 4.98 Å². The molecule has 1 aliphatic rings. The summed E-state index contributed by atoms with van der Waals surface area (Å²) >= 11 is 1.05. The predicted octanol–water partition coefficient (Wildman–Crippen LogP) is 6.17. The van der Waals surface area contributed by atoms with Crippen LogP contribution in [0.4, 0.5) is 20.9 Å². The molecule has 4 aromatic carbocycles. The van der Waals surface area contributed by atoms with E-state index in [0.717, 1.165) is 28.3 Å². The number of aromatic nitrogens is 1. The number of hydrogen-bond donors (Lipinski definition) is 0. The van der Waals surface area contributed by atoms with Gasteiger partial charge in [-0.05, 0) is 84.6 Å². The Bertz CT molecular complexity index is 1990. The topological polar surface area (TPSA) is 126 Å². The van der Waals surface area contributed by atoms with E-state index in [-0.39, 0.29) is 21.3 Å². The van der Waals surface area contributed by atoms with Gasteiger partial charge in [-0.1, -0.05) is 29.5 Å². The number of anilines is 2. The van der Waals surface area contributed by atoms with E-state index in [1.54, 1.807) is 12.1 Å². The number of nitro groups is 1. The standard InChI is InChI=1S/C30H22FN5O5S2/c31-23-11-16-26-28(18-23)42-30(33-26)35(32-19-20-7-12-24(13-8-20)36(38)39)29(37)22-9-14-25(15-10-22)43(40,41)34-17-3-5-21-4-1-2-6-27(21)34/h1-2,4,6-16,18-19H,3,5,17H2/b32-19+. The van der Waals surface area contributed by atoms with Crippen LogP contribution in [0.25, 0.3) is 10.2 Å². The molecule has 0 unspecified atom stereocenters. The van der Waals surface area contributed by atoms with Crippen LogP contribution in [0, 0.1) is 15.9 Å². The van der Waals surface area contributed by atoms with Gasteiger partial charge in [-0.25, -0.2) is 17.8 Å². The number of para-hydroxylation sites is 1. The Morgan fingerprint density at radius 3 is 2.53 bits per heavy atom. The van der Waals surface area contributed by atoms with Crippen molar-refractivity contribution in [1.29, 1.82) is 0 Å². The second kappa shape index (κ2) is 11.3. The van der Waals surface area contributed by atoms with Crippen molar-refractivity contribution >= 4 is 60.2 Å². The SMILES string of the molecule is O=C(c1ccc(S(=O)(=O)N2CCCc3ccccc32)cc1)N(/N=C/c1ccc([N+](=O)[O-])cc1)c1nc2ccc(F)cc2s1. The third-order valence-corrected chi connectivity index (χ3v) is 9.72. The first-order valence-corrected chi connectivity index (χ1v) is 15.4. The van der Waals surface area contributed by atoms with Crippen molar-refractivity contribution in [2.45, 2.75) is 17.7 Å². The highest BCUT2D eigenvalue weighted by molar-refractivity contribution is 7.92. The van der Waals surface area contributed by atoms with E-state index in [4.69, 9.17) is 0 Å². The van der Waals surface area contributed by atoms with Gasteiger partial charge in [0, 0.05) is 24.2 Å². The van der Waals surface area contributed by atoms with Crippen LogP contribution in [0.2, 0.25) is 0 Å². The maximum Gasteiger partial charge on any atom is 0.280 e. The van der Waals surface area contributed by atoms with Gasteiger partial charge in [0.1, 0.15) is 5.82 Å². The molecule has 43 heavy (non-hydrogen) atoms. The predicted molar refractivity (Wildman–Crippen MR) is 163 cm³/mol. The number of carbonyl (C=O) groups is 1. The first kappa shape index (κ1) is 28.1. The number of hydrazone groups is 1. The monoisotopic (exact) mass is 615 g/mol. The number of nitro benzene ring substituents is 1. The fourth-order valence-corrected chi connectivity index (χ4v) is 7.23. The molecule has 0 aliphatic carbocycles. The Morgan fingerprint density at radius 2 is 1.79 bits per heavy atom. The van der Waals surface area contributed by atoms with Crippen LogP contribution >= 0.6 is 11.3 Å². The fourth-order valence-electron chi connectivity index (χ4n) is 4.74. The van der Waals surface area contributed by atoms with E-state index in [2.05, 4.69) is 10.1 Å². The smallest absolute Gasteiger partial charge is 0.267 e. The summed E-state index contributed by atoms with van der Waals surface area (Å²) in [4.78, 5) is 28.7. The van der Waals surface area contributed by atoms with Gasteiger partial charge in [0.05, 0.1) is 31.9 Å². The Balaban J connectivity index is 1.33. The number of non-ortho nitro benzene ring substituents is 1. The highest BCUT2D eigenvalue weighted by atomic mass is 32.2. The molecule has 216 valence electrons. The number of carbonyl (C=O) groups excluding carboxylic acids is 1. The van der Waals surface area contributed by atoms with Crippen LogP contribution in [-0.2, 0) is 16.4 Å². The minimum absolute atomic E-state index is 0.0390. The summed E-state index contributed by atoms with van der Waals surface area (Å²) in [5, 5.41) is 16.5. The largest absolute Gasteiger partial charge is 0.280 e. The molecule has 1 amide bonds. The third kappa shape index (κ3) is 5.59. The summed E-state index contributed by atoms with van der Waals surface area (Å²) in [7, 11) is -3.88. The van der Waals surface area contributed by atoms with Gasteiger partial charge >= 0.3 is 0 Å². The van der Waals surface area contributed by atoms with Crippen molar-refractivity contribution in [2.75, 3.05) is 15.9 Å². The molecule has 0 radical (unpaired) electrons. The van der Waals surface area contributed by atoms with E-state index >= 15 is 0 Å². The molecule has 0 fully saturated rings. The number of hydrogen-bond acceptors (Lipinski definition) is 8. The quantitative estimate of drug-likeness (QED) is 0.123. The lowest BCUT2D eigenvalue weighted by Crippen LogP contribution is -2.35. The number of thiazole rings is 1. The summed E-state index contributed by atoms with van der Waals surface area (Å²) in [6, 6.07) is 22.6. The summed E-state index contributed by atoms with van der Waals surface area (Å²) in [6.45, 7) is 0.351. The van der Waals surface area contributed by atoms with Gasteiger partial charge in [-0.15, -0.1) is 0 Å². The van der Waals surface area contributed by atoms with Crippen LogP contribution in [0.5, 0.6) is 0 Å². The van der Waals surface area contributed by atoms with Gasteiger partial charge in [0.2, 0.25) is 5.13 Å². The van der Waals surface area contributed by atoms with Crippen LogP contribution in [0.15, 0.2) is 101 Å². The number of benzene rings is 4. The Labute approximate surface area is 249 Å². The van der Waals surface area contributed by atoms with Crippen molar-refractivity contribution in [2.24, 2.45) is 5.10 Å². The highest BCUT2D eigenvalue weighted by Gasteiger charge is 2.29. The highest BCUT2D eigenvalue weighted by Crippen LogP contribution is 2.33. The Hall–Kier alpha value is -5.01. The fraction of sp³-hybridized carbons (Fsp3) is 0.100. The van der Waals surface area contributed by atoms with Crippen LogP contribution in [-0.4, -0.2) is 37.0 Å². The third-order valence-electron chi connectivity index (χ3n) is 6.90. The molecule has 0 atom stereocenters. The molecule has 5 aromatic rings. The summed E-state index contributed by atoms with van der Waals surface area (Å²) in [6.07, 6.45) is 2.84. The number of sulfonamides is 1. The molecule has 0 N–H and O–H groups in total. The first-order valence-electron chi connectivity index (χ1n) is 13.1. The second-order valence-electron chi connectivity index (χ2n) is 9.65. The summed E-state index contributed by atoms with van der Waals surface area (Å²) < 4.78 is 42.9. The zero-order valence-electron chi connectivity index (χ0n) is 22.3. The van der Waals surface area contributed by atoms with E-state index in [0.29, 0.717) is 34.4 Å². The number of fused-ring (bicyclic) bond motifs is 2. The lowest BCUT2D eigenvalue weighted by molar-refractivity contribution is -0.384. The van der Waals surface area contributed by atoms with Gasteiger partial charge in [-0.2, -0.15) is 10.1 Å². The van der Waals surface area contributed by atoms with E-state index in [1.807, 2.05) is 12.1 Å². The Morgan fingerprint density at radius 1 is 1.05 bits per heavy atom. The molecule has 0 bridgehead atoms. The van der Waals surface area contributed by atoms with Crippen LogP contribution in [0.3, 0.4) is 0 Å². The maximum atomic E-state index is 13.8. The van der Waals surface area contributed by atoms with Crippen LogP contribution < -0.4 is 9.31 Å². The number of aryl methyl sites for hydroxylation is 1. The minimum atomic E-state index is -3.88. The van der Waals surface area contributed by atoms with Crippen molar-refractivity contribution < 1.29 is 22.5 Å². The molecule has 0 saturated carbocycles. The van der Waals surface area contributed by atoms with Crippen LogP contribution in [0.1, 0.15) is 27.9 Å². The molecule has 6 rings (SSSR count). The number of amides is 1. The average molecular weight is 616 g/mol. The number of halogens is 1. The van der Waals surface area contributed by atoms with Crippen molar-refractivity contribution in [3.8, 4) is 0 Å². The lowest BCUT2D eigenvalue weighted by Gasteiger charge is -2.30. The average Bonchev–Trinajstić information content (AvgIpc) is 3.44. The molecule has 0 saturated heterocycles. The number of rotatable bonds is 7. The molecular weight excluding hydrogens is 593 g/mol. The van der Waals surface area contributed by atoms with Gasteiger partial charge in [0.25, 0.3) is 21.6 Å². The molecule has 0 spiro atoms. The molecule has 10 nitrogen and oxygen atoms in total. The molecule has 1 aromatic heterocycles. The minimum Gasteiger partial charge on any atom is -0.267 e. The molecule has 13 heteroatoms. The van der Waals surface area contributed by atoms with Crippen molar-refractivity contribution in [3.63, 3.8) is 0 Å². The van der Waals surface area contributed by atoms with Crippen molar-refractivity contribution in [3.05, 3.63) is 124 Å². The summed E-state index contributed by atoms with van der Waals surface area (Å²) in [5.41, 5.74) is 2.60. The van der Waals surface area contributed by atoms with E-state index in [1.165, 1.54) is 77.2 Å². The molecular formula is C30H22FN5O5S2. The molecule has 1 aliphatic heterocycles. The maximum absolute atomic E-state index is 13.8. The van der Waals surface area contributed by atoms with Gasteiger partial charge < -0.3 is 0 Å². The number of nitrogens with zero attached hydrogens (tertiary/aromatic N) is 5. The zero-order chi connectivity index (χ0) is 30.1. The summed E-state index contributed by atoms with van der Waals surface area (Å²) in [5.74, 6) is -1.06. The Kier molecular flexibility index (Phi) is 7.42. The molecule has 2 heterocycles. The second-order valence-corrected chi connectivity index (χ2v) is 12.5. The van der Waals surface area contributed by atoms with E-state index in [9.17, 15) is 27.7 Å². The van der Waals surface area contributed by atoms with Gasteiger partial charge in [-0.3, -0.25) is 19.2 Å². The van der Waals surface area contributed by atoms with E-state index < -0.39 is 26.7 Å². The lowest BCUT2D eigenvalue weighted by atomic mass is 10.0. The normalized spacial score (nSPS) is 13.3. The first-order chi connectivity index (χ1) is 20.7. The van der Waals surface area contributed by atoms with Gasteiger partial charge in [0.15, 0.2) is 0 Å². The zero-order valence-corrected chi connectivity index (χ0v) is 24.0.